The molecule has 326 valence electrons. The quantitative estimate of drug-likeness (QED) is 0.0658. The van der Waals surface area contributed by atoms with Gasteiger partial charge >= 0.3 is 26.0 Å². The van der Waals surface area contributed by atoms with E-state index in [9.17, 15) is 28.5 Å². The van der Waals surface area contributed by atoms with Crippen LogP contribution in [-0.4, -0.2) is 147 Å². The molecule has 0 radical (unpaired) electrons. The number of aromatic nitrogens is 2. The van der Waals surface area contributed by atoms with Crippen molar-refractivity contribution in [3.05, 3.63) is 42.1 Å². The van der Waals surface area contributed by atoms with E-state index in [2.05, 4.69) is 10.3 Å². The summed E-state index contributed by atoms with van der Waals surface area (Å²) >= 11 is 0. The van der Waals surface area contributed by atoms with Crippen molar-refractivity contribution in [2.75, 3.05) is 77.3 Å². The van der Waals surface area contributed by atoms with Crippen LogP contribution < -0.4 is 10.2 Å². The number of hydrogen-bond acceptors (Lipinski definition) is 17. The number of nitrogens with one attached hydrogen (secondary N) is 1. The zero-order chi connectivity index (χ0) is 43.0. The molecule has 0 saturated carbocycles. The lowest BCUT2D eigenvalue weighted by molar-refractivity contribution is -0.134. The summed E-state index contributed by atoms with van der Waals surface area (Å²) in [6.07, 6.45) is -4.55. The summed E-state index contributed by atoms with van der Waals surface area (Å²) in [5.74, 6) is -0.850. The van der Waals surface area contributed by atoms with E-state index in [-0.39, 0.29) is 63.6 Å². The third-order valence-electron chi connectivity index (χ3n) is 9.03. The smallest absolute Gasteiger partial charge is 0.449 e. The number of amides is 3. The lowest BCUT2D eigenvalue weighted by atomic mass is 10.2. The zero-order valence-corrected chi connectivity index (χ0v) is 35.3. The predicted octanol–water partition coefficient (Wildman–Crippen LogP) is 4.81. The van der Waals surface area contributed by atoms with Gasteiger partial charge in [0.2, 0.25) is 18.5 Å². The standard InChI is InChI=1S/C38H55N6O14P/c1-7-10-22-54-36(47)43-20-18-42(19-21-43)35(46)31(25-59(50,57-26(4)55-37(48)52-8-2)58-27(5)56-38(49)53-9-3)40-34(45)30-23-32(44-17-16-29(24-44)51-6)41-33(39-30)28-14-12-11-13-15-28/h11-15,23,26-27,29,31H,7-10,16-22,24-25H2,1-6H3,(H,40,45)/t26?,27?,29-,31-,59?/m0/s1. The Morgan fingerprint density at radius 1 is 0.847 bits per heavy atom. The third-order valence-corrected chi connectivity index (χ3v) is 11.1. The fourth-order valence-corrected chi connectivity index (χ4v) is 8.01. The molecule has 4 atom stereocenters. The van der Waals surface area contributed by atoms with Crippen molar-refractivity contribution in [3.63, 3.8) is 0 Å². The highest BCUT2D eigenvalue weighted by Crippen LogP contribution is 2.51. The van der Waals surface area contributed by atoms with Crippen LogP contribution in [0.1, 0.15) is 64.4 Å². The number of carbonyl (C=O) groups excluding carboxylic acids is 5. The number of unbranched alkanes of at least 4 members (excludes halogenated alkanes) is 1. The van der Waals surface area contributed by atoms with Crippen molar-refractivity contribution in [2.45, 2.75) is 78.6 Å². The van der Waals surface area contributed by atoms with Crippen LogP contribution in [0.25, 0.3) is 11.4 Å². The van der Waals surface area contributed by atoms with Gasteiger partial charge in [-0.3, -0.25) is 23.2 Å². The summed E-state index contributed by atoms with van der Waals surface area (Å²) in [7, 11) is -3.07. The van der Waals surface area contributed by atoms with Crippen LogP contribution >= 0.6 is 7.60 Å². The summed E-state index contributed by atoms with van der Waals surface area (Å²) in [6, 6.07) is 8.87. The monoisotopic (exact) mass is 850 g/mol. The van der Waals surface area contributed by atoms with Crippen molar-refractivity contribution in [2.24, 2.45) is 0 Å². The van der Waals surface area contributed by atoms with Gasteiger partial charge in [-0.2, -0.15) is 0 Å². The average molecular weight is 851 g/mol. The number of piperazine rings is 1. The zero-order valence-electron chi connectivity index (χ0n) is 34.4. The van der Waals surface area contributed by atoms with E-state index >= 15 is 0 Å². The average Bonchev–Trinajstić information content (AvgIpc) is 3.70. The van der Waals surface area contributed by atoms with Crippen LogP contribution in [-0.2, 0) is 46.8 Å². The fraction of sp³-hybridized carbons (Fsp3) is 0.605. The molecule has 21 heteroatoms. The Morgan fingerprint density at radius 3 is 2.02 bits per heavy atom. The van der Waals surface area contributed by atoms with Gasteiger partial charge in [0.15, 0.2) is 5.82 Å². The molecule has 0 aliphatic carbocycles. The van der Waals surface area contributed by atoms with Crippen molar-refractivity contribution in [3.8, 4) is 11.4 Å². The number of methoxy groups -OCH3 is 1. The van der Waals surface area contributed by atoms with E-state index in [4.69, 9.17) is 42.5 Å². The molecular weight excluding hydrogens is 795 g/mol. The maximum atomic E-state index is 14.7. The molecule has 2 unspecified atom stereocenters. The Balaban J connectivity index is 1.69. The van der Waals surface area contributed by atoms with Crippen molar-refractivity contribution >= 4 is 43.6 Å². The number of rotatable bonds is 19. The highest BCUT2D eigenvalue weighted by atomic mass is 31.2. The molecule has 2 saturated heterocycles. The van der Waals surface area contributed by atoms with Gasteiger partial charge in [-0.05, 0) is 40.5 Å². The van der Waals surface area contributed by atoms with E-state index in [0.717, 1.165) is 12.8 Å². The minimum Gasteiger partial charge on any atom is -0.449 e. The van der Waals surface area contributed by atoms with Gasteiger partial charge in [0.1, 0.15) is 17.6 Å². The summed E-state index contributed by atoms with van der Waals surface area (Å²) < 4.78 is 56.6. The number of ether oxygens (including phenoxy) is 6. The summed E-state index contributed by atoms with van der Waals surface area (Å²) in [6.45, 7) is 9.16. The minimum absolute atomic E-state index is 0.0298. The summed E-state index contributed by atoms with van der Waals surface area (Å²) in [5, 5.41) is 2.67. The Labute approximate surface area is 343 Å². The number of carbonyl (C=O) groups is 5. The molecule has 1 N–H and O–H groups in total. The summed E-state index contributed by atoms with van der Waals surface area (Å²) in [5.41, 5.74) is 0.518. The minimum atomic E-state index is -4.70. The van der Waals surface area contributed by atoms with Crippen LogP contribution in [0.3, 0.4) is 0 Å². The highest BCUT2D eigenvalue weighted by Gasteiger charge is 2.41. The third kappa shape index (κ3) is 14.3. The normalized spacial score (nSPS) is 17.9. The van der Waals surface area contributed by atoms with E-state index in [1.165, 1.54) is 29.7 Å². The molecule has 1 aromatic heterocycles. The fourth-order valence-electron chi connectivity index (χ4n) is 6.10. The van der Waals surface area contributed by atoms with Crippen LogP contribution in [0.15, 0.2) is 36.4 Å². The van der Waals surface area contributed by atoms with Gasteiger partial charge in [0.25, 0.3) is 5.91 Å². The Hall–Kier alpha value is -5.04. The second-order valence-corrected chi connectivity index (χ2v) is 15.4. The van der Waals surface area contributed by atoms with Crippen LogP contribution in [0.2, 0.25) is 0 Å². The lowest BCUT2D eigenvalue weighted by Gasteiger charge is -2.36. The molecule has 0 spiro atoms. The van der Waals surface area contributed by atoms with Gasteiger partial charge in [0, 0.05) is 58.0 Å². The van der Waals surface area contributed by atoms with Gasteiger partial charge < -0.3 is 48.4 Å². The van der Waals surface area contributed by atoms with Gasteiger partial charge in [-0.15, -0.1) is 0 Å². The molecule has 0 bridgehead atoms. The molecule has 2 aliphatic heterocycles. The van der Waals surface area contributed by atoms with E-state index in [0.29, 0.717) is 30.9 Å². The first-order valence-electron chi connectivity index (χ1n) is 19.6. The molecule has 4 rings (SSSR count). The Bertz CT molecular complexity index is 1730. The van der Waals surface area contributed by atoms with Crippen LogP contribution in [0, 0.1) is 0 Å². The number of anilines is 1. The maximum Gasteiger partial charge on any atom is 0.510 e. The molecule has 1 aromatic carbocycles. The van der Waals surface area contributed by atoms with Gasteiger partial charge in [-0.25, -0.2) is 24.4 Å². The molecular formula is C38H55N6O14P. The van der Waals surface area contributed by atoms with Crippen molar-refractivity contribution < 1.29 is 66.0 Å². The first-order valence-corrected chi connectivity index (χ1v) is 21.4. The molecule has 2 fully saturated rings. The molecule has 2 aliphatic rings. The van der Waals surface area contributed by atoms with E-state index in [1.54, 1.807) is 45.2 Å². The van der Waals surface area contributed by atoms with Crippen molar-refractivity contribution in [1.82, 2.24) is 25.1 Å². The lowest BCUT2D eigenvalue weighted by Crippen LogP contribution is -2.57. The predicted molar refractivity (Wildman–Crippen MR) is 211 cm³/mol. The van der Waals surface area contributed by atoms with Gasteiger partial charge in [0.05, 0.1) is 32.1 Å². The summed E-state index contributed by atoms with van der Waals surface area (Å²) in [4.78, 5) is 79.8. The molecule has 59 heavy (non-hydrogen) atoms. The molecule has 3 heterocycles. The van der Waals surface area contributed by atoms with Crippen molar-refractivity contribution in [1.29, 1.82) is 0 Å². The van der Waals surface area contributed by atoms with E-state index < -0.39 is 62.6 Å². The Kier molecular flexibility index (Phi) is 18.1. The second-order valence-electron chi connectivity index (χ2n) is 13.4. The Morgan fingerprint density at radius 2 is 1.46 bits per heavy atom. The van der Waals surface area contributed by atoms with E-state index in [1.807, 2.05) is 17.9 Å². The molecule has 3 amide bonds. The number of hydrogen-bond donors (Lipinski definition) is 1. The largest absolute Gasteiger partial charge is 0.510 e. The number of benzene rings is 1. The highest BCUT2D eigenvalue weighted by molar-refractivity contribution is 7.54. The first-order chi connectivity index (χ1) is 28.3. The molecule has 20 nitrogen and oxygen atoms in total. The van der Waals surface area contributed by atoms with Gasteiger partial charge in [-0.1, -0.05) is 43.7 Å². The second kappa shape index (κ2) is 22.9. The topological polar surface area (TPSA) is 224 Å². The van der Waals surface area contributed by atoms with Crippen LogP contribution in [0.5, 0.6) is 0 Å². The molecule has 2 aromatic rings. The van der Waals surface area contributed by atoms with Crippen LogP contribution in [0.4, 0.5) is 20.2 Å². The first kappa shape index (κ1) is 46.6. The SMILES string of the molecule is CCCCOC(=O)N1CCN(C(=O)[C@H](CP(=O)(OC(C)OC(=O)OCC)OC(C)OC(=O)OCC)NC(=O)c2cc(N3CC[C@H](OC)C3)nc(-c3ccccc3)n2)CC1. The number of nitrogens with zero attached hydrogens (tertiary/aromatic N) is 5. The maximum absolute atomic E-state index is 14.7.